The molecule has 10 nitrogen and oxygen atoms in total. The van der Waals surface area contributed by atoms with Crippen LogP contribution in [0, 0.1) is 0 Å². The Bertz CT molecular complexity index is 1150. The van der Waals surface area contributed by atoms with Crippen molar-refractivity contribution in [2.24, 2.45) is 0 Å². The predicted molar refractivity (Wildman–Crippen MR) is 273 cm³/mol. The van der Waals surface area contributed by atoms with Crippen LogP contribution >= 0.6 is 0 Å². The first-order valence-corrected chi connectivity index (χ1v) is 27.8. The zero-order valence-electron chi connectivity index (χ0n) is 42.6. The predicted octanol–water partition coefficient (Wildman–Crippen LogP) is 12.2. The van der Waals surface area contributed by atoms with E-state index < -0.39 is 61.5 Å². The second-order valence-electron chi connectivity index (χ2n) is 19.5. The molecule has 1 saturated heterocycles. The molecule has 1 aliphatic rings. The van der Waals surface area contributed by atoms with E-state index in [0.29, 0.717) is 19.3 Å². The molecule has 0 aromatic carbocycles. The summed E-state index contributed by atoms with van der Waals surface area (Å²) in [6, 6.07) is -1.00. The van der Waals surface area contributed by atoms with Gasteiger partial charge in [0.15, 0.2) is 6.29 Å². The van der Waals surface area contributed by atoms with Gasteiger partial charge in [0.2, 0.25) is 5.91 Å². The fourth-order valence-corrected chi connectivity index (χ4v) is 8.78. The van der Waals surface area contributed by atoms with Crippen LogP contribution in [0.3, 0.4) is 0 Å². The van der Waals surface area contributed by atoms with E-state index in [1.165, 1.54) is 173 Å². The van der Waals surface area contributed by atoms with Gasteiger partial charge < -0.3 is 45.4 Å². The highest BCUT2D eigenvalue weighted by Crippen LogP contribution is 2.23. The summed E-state index contributed by atoms with van der Waals surface area (Å²) in [5.41, 5.74) is 0. The summed E-state index contributed by atoms with van der Waals surface area (Å²) >= 11 is 0. The Morgan fingerprint density at radius 2 is 0.894 bits per heavy atom. The molecule has 0 bridgehead atoms. The summed E-state index contributed by atoms with van der Waals surface area (Å²) in [6.07, 6.45) is 48.2. The standard InChI is InChI=1S/C56H105NO9/c1-3-5-7-9-11-13-15-17-19-21-22-23-24-25-26-27-28-29-31-33-35-37-39-41-43-45-50(60)55(64)57-48(47-65-56-54(63)53(62)52(61)51(46-58)66-56)49(59)44-42-40-38-36-34-32-30-20-18-16-14-12-10-8-6-4-2/h18,20,34,36,42,44,48-54,56,58-63H,3-17,19,21-33,35,37-41,43,45-47H2,1-2H3,(H,57,64)/b20-18+,36-34+,44-42+. The van der Waals surface area contributed by atoms with Crippen LogP contribution in [0.1, 0.15) is 251 Å². The van der Waals surface area contributed by atoms with E-state index in [1.54, 1.807) is 6.08 Å². The Hall–Kier alpha value is -1.63. The Kier molecular flexibility index (Phi) is 43.3. The highest BCUT2D eigenvalue weighted by atomic mass is 16.7. The molecule has 1 fully saturated rings. The zero-order chi connectivity index (χ0) is 48.1. The third-order valence-electron chi connectivity index (χ3n) is 13.3. The van der Waals surface area contributed by atoms with E-state index in [-0.39, 0.29) is 6.61 Å². The Balaban J connectivity index is 2.28. The van der Waals surface area contributed by atoms with Gasteiger partial charge in [-0.2, -0.15) is 0 Å². The minimum atomic E-state index is -1.62. The number of hydrogen-bond donors (Lipinski definition) is 7. The van der Waals surface area contributed by atoms with Crippen LogP contribution in [0.15, 0.2) is 36.5 Å². The van der Waals surface area contributed by atoms with Crippen LogP contribution in [0.2, 0.25) is 0 Å². The fraction of sp³-hybridized carbons (Fsp3) is 0.875. The van der Waals surface area contributed by atoms with Crippen LogP contribution in [0.4, 0.5) is 0 Å². The number of amides is 1. The van der Waals surface area contributed by atoms with Gasteiger partial charge in [-0.1, -0.05) is 243 Å². The van der Waals surface area contributed by atoms with E-state index in [4.69, 9.17) is 9.47 Å². The van der Waals surface area contributed by atoms with Gasteiger partial charge in [0, 0.05) is 0 Å². The molecular formula is C56H105NO9. The summed E-state index contributed by atoms with van der Waals surface area (Å²) in [6.45, 7) is 3.60. The van der Waals surface area contributed by atoms with Gasteiger partial charge in [-0.05, 0) is 44.9 Å². The lowest BCUT2D eigenvalue weighted by Crippen LogP contribution is -2.60. The van der Waals surface area contributed by atoms with Crippen molar-refractivity contribution in [3.8, 4) is 0 Å². The van der Waals surface area contributed by atoms with Gasteiger partial charge in [-0.3, -0.25) is 4.79 Å². The molecule has 0 radical (unpaired) electrons. The Morgan fingerprint density at radius 1 is 0.515 bits per heavy atom. The van der Waals surface area contributed by atoms with Gasteiger partial charge in [0.25, 0.3) is 0 Å². The van der Waals surface area contributed by atoms with E-state index in [2.05, 4.69) is 43.5 Å². The fourth-order valence-electron chi connectivity index (χ4n) is 8.78. The summed E-state index contributed by atoms with van der Waals surface area (Å²) < 4.78 is 11.2. The minimum absolute atomic E-state index is 0.304. The number of nitrogens with one attached hydrogen (secondary N) is 1. The largest absolute Gasteiger partial charge is 0.394 e. The molecular weight excluding hydrogens is 831 g/mol. The lowest BCUT2D eigenvalue weighted by atomic mass is 9.99. The van der Waals surface area contributed by atoms with Gasteiger partial charge in [-0.25, -0.2) is 0 Å². The topological polar surface area (TPSA) is 169 Å². The van der Waals surface area contributed by atoms with Crippen molar-refractivity contribution in [1.29, 1.82) is 0 Å². The normalized spacial score (nSPS) is 20.5. The second kappa shape index (κ2) is 45.8. The number of carbonyl (C=O) groups excluding carboxylic acids is 1. The molecule has 1 amide bonds. The molecule has 0 aromatic heterocycles. The Morgan fingerprint density at radius 3 is 1.32 bits per heavy atom. The molecule has 66 heavy (non-hydrogen) atoms. The Labute approximate surface area is 404 Å². The third-order valence-corrected chi connectivity index (χ3v) is 13.3. The monoisotopic (exact) mass is 936 g/mol. The molecule has 0 spiro atoms. The molecule has 0 aliphatic carbocycles. The van der Waals surface area contributed by atoms with Gasteiger partial charge in [-0.15, -0.1) is 0 Å². The van der Waals surface area contributed by atoms with Crippen molar-refractivity contribution < 1.29 is 44.9 Å². The number of allylic oxidation sites excluding steroid dienone is 5. The second-order valence-corrected chi connectivity index (χ2v) is 19.5. The van der Waals surface area contributed by atoms with Crippen LogP contribution in [0.25, 0.3) is 0 Å². The summed E-state index contributed by atoms with van der Waals surface area (Å²) in [5, 5.41) is 64.9. The van der Waals surface area contributed by atoms with Gasteiger partial charge >= 0.3 is 0 Å². The number of carbonyl (C=O) groups is 1. The van der Waals surface area contributed by atoms with Gasteiger partial charge in [0.1, 0.15) is 30.5 Å². The smallest absolute Gasteiger partial charge is 0.249 e. The van der Waals surface area contributed by atoms with Crippen molar-refractivity contribution >= 4 is 5.91 Å². The molecule has 1 aliphatic heterocycles. The van der Waals surface area contributed by atoms with Crippen LogP contribution in [0.5, 0.6) is 0 Å². The molecule has 388 valence electrons. The van der Waals surface area contributed by atoms with Crippen molar-refractivity contribution in [2.75, 3.05) is 13.2 Å². The average Bonchev–Trinajstić information content (AvgIpc) is 3.32. The molecule has 8 atom stereocenters. The number of ether oxygens (including phenoxy) is 2. The van der Waals surface area contributed by atoms with Crippen LogP contribution in [-0.4, -0.2) is 98.7 Å². The molecule has 7 N–H and O–H groups in total. The van der Waals surface area contributed by atoms with Crippen LogP contribution in [-0.2, 0) is 14.3 Å². The summed E-state index contributed by atoms with van der Waals surface area (Å²) in [5.74, 6) is -0.627. The number of unbranched alkanes of at least 4 members (excludes halogenated alkanes) is 32. The van der Waals surface area contributed by atoms with Crippen molar-refractivity contribution in [3.05, 3.63) is 36.5 Å². The molecule has 0 aromatic rings. The number of hydrogen-bond acceptors (Lipinski definition) is 9. The molecule has 0 saturated carbocycles. The molecule has 10 heteroatoms. The van der Waals surface area contributed by atoms with E-state index >= 15 is 0 Å². The first kappa shape index (κ1) is 62.4. The summed E-state index contributed by atoms with van der Waals surface area (Å²) in [7, 11) is 0. The van der Waals surface area contributed by atoms with Crippen molar-refractivity contribution in [3.63, 3.8) is 0 Å². The molecule has 1 rings (SSSR count). The first-order valence-electron chi connectivity index (χ1n) is 27.8. The molecule has 1 heterocycles. The number of aliphatic hydroxyl groups excluding tert-OH is 6. The first-order chi connectivity index (χ1) is 32.3. The van der Waals surface area contributed by atoms with Crippen molar-refractivity contribution in [1.82, 2.24) is 5.32 Å². The zero-order valence-corrected chi connectivity index (χ0v) is 42.6. The lowest BCUT2D eigenvalue weighted by Gasteiger charge is -2.40. The number of rotatable bonds is 47. The van der Waals surface area contributed by atoms with Crippen LogP contribution < -0.4 is 5.32 Å². The lowest BCUT2D eigenvalue weighted by molar-refractivity contribution is -0.302. The molecule has 8 unspecified atom stereocenters. The maximum atomic E-state index is 13.1. The maximum absolute atomic E-state index is 13.1. The van der Waals surface area contributed by atoms with Crippen molar-refractivity contribution in [2.45, 2.75) is 300 Å². The van der Waals surface area contributed by atoms with E-state index in [1.807, 2.05) is 6.08 Å². The van der Waals surface area contributed by atoms with E-state index in [9.17, 15) is 35.4 Å². The quantitative estimate of drug-likeness (QED) is 0.0232. The number of aliphatic hydroxyl groups is 6. The highest BCUT2D eigenvalue weighted by molar-refractivity contribution is 5.80. The third kappa shape index (κ3) is 34.6. The van der Waals surface area contributed by atoms with Gasteiger partial charge in [0.05, 0.1) is 25.4 Å². The SMILES string of the molecule is CCCCCCCC/C=C/CC/C=C/CC/C=C/C(O)C(COC1OC(CO)C(O)C(O)C1O)NC(=O)C(O)CCCCCCCCCCCCCCCCCCCCCCCCCCC. The average molecular weight is 936 g/mol. The summed E-state index contributed by atoms with van der Waals surface area (Å²) in [4.78, 5) is 13.1. The maximum Gasteiger partial charge on any atom is 0.249 e. The minimum Gasteiger partial charge on any atom is -0.394 e. The highest BCUT2D eigenvalue weighted by Gasteiger charge is 2.44. The van der Waals surface area contributed by atoms with E-state index in [0.717, 1.165) is 44.9 Å².